The van der Waals surface area contributed by atoms with Gasteiger partial charge in [-0.15, -0.1) is 0 Å². The summed E-state index contributed by atoms with van der Waals surface area (Å²) in [4.78, 5) is 36.7. The molecule has 0 fully saturated rings. The van der Waals surface area contributed by atoms with E-state index in [1.807, 2.05) is 48.5 Å². The monoisotopic (exact) mass is 492 g/mol. The van der Waals surface area contributed by atoms with Crippen LogP contribution in [0.4, 0.5) is 18.0 Å². The number of carbonyl (C=O) groups excluding carboxylic acids is 2. The van der Waals surface area contributed by atoms with Gasteiger partial charge in [-0.2, -0.15) is 13.2 Å². The highest BCUT2D eigenvalue weighted by molar-refractivity contribution is 5.92. The minimum Gasteiger partial charge on any atom is -0.479 e. The Labute approximate surface area is 200 Å². The van der Waals surface area contributed by atoms with Crippen LogP contribution in [0.3, 0.4) is 0 Å². The molecule has 188 valence electrons. The first kappa shape index (κ1) is 26.1. The van der Waals surface area contributed by atoms with Crippen molar-refractivity contribution in [2.24, 2.45) is 5.41 Å². The molecule has 2 aromatic carbocycles. The van der Waals surface area contributed by atoms with Gasteiger partial charge in [0.2, 0.25) is 11.4 Å². The molecule has 3 rings (SSSR count). The van der Waals surface area contributed by atoms with E-state index in [2.05, 4.69) is 5.32 Å². The van der Waals surface area contributed by atoms with Gasteiger partial charge in [-0.3, -0.25) is 4.79 Å². The standard InChI is InChI=1S/C25H27F3N2O5/c1-23(2,3)19(20(31)30-24(4,21(32)33)25(26,27)28)29-22(34)35-13-18-16-11-7-5-9-14(16)15-10-6-8-12-17(15)18/h5-12,18-19H,13H2,1-4H3,(H,29,34)(H,30,31)(H,32,33)/t19-,24?/m0/s1. The molecular weight excluding hydrogens is 465 g/mol. The number of amides is 2. The number of ether oxygens (including phenoxy) is 1. The highest BCUT2D eigenvalue weighted by Crippen LogP contribution is 2.44. The Morgan fingerprint density at radius 2 is 1.43 bits per heavy atom. The molecule has 0 aromatic heterocycles. The maximum Gasteiger partial charge on any atom is 0.422 e. The van der Waals surface area contributed by atoms with E-state index in [1.165, 1.54) is 26.1 Å². The highest BCUT2D eigenvalue weighted by Gasteiger charge is 2.59. The largest absolute Gasteiger partial charge is 0.479 e. The van der Waals surface area contributed by atoms with Crippen molar-refractivity contribution in [2.45, 2.75) is 51.4 Å². The second kappa shape index (κ2) is 9.24. The molecule has 0 heterocycles. The number of hydrogen-bond donors (Lipinski definition) is 3. The fourth-order valence-electron chi connectivity index (χ4n) is 4.00. The smallest absolute Gasteiger partial charge is 0.422 e. The van der Waals surface area contributed by atoms with Crippen molar-refractivity contribution in [3.63, 3.8) is 0 Å². The number of benzene rings is 2. The Morgan fingerprint density at radius 3 is 1.86 bits per heavy atom. The third-order valence-electron chi connectivity index (χ3n) is 6.10. The lowest BCUT2D eigenvalue weighted by Crippen LogP contribution is -2.66. The molecular formula is C25H27F3N2O5. The normalized spacial score (nSPS) is 15.9. The van der Waals surface area contributed by atoms with Crippen LogP contribution in [-0.2, 0) is 14.3 Å². The number of hydrogen-bond acceptors (Lipinski definition) is 4. The van der Waals surface area contributed by atoms with Crippen molar-refractivity contribution in [3.05, 3.63) is 59.7 Å². The summed E-state index contributed by atoms with van der Waals surface area (Å²) in [5.41, 5.74) is -0.617. The van der Waals surface area contributed by atoms with Gasteiger partial charge in [-0.1, -0.05) is 69.3 Å². The average Bonchev–Trinajstić information content (AvgIpc) is 3.08. The predicted octanol–water partition coefficient (Wildman–Crippen LogP) is 4.46. The zero-order chi connectivity index (χ0) is 26.2. The number of carboxylic acids is 1. The first-order valence-corrected chi connectivity index (χ1v) is 10.9. The summed E-state index contributed by atoms with van der Waals surface area (Å²) in [5, 5.41) is 12.9. The van der Waals surface area contributed by atoms with Crippen LogP contribution in [0.5, 0.6) is 0 Å². The summed E-state index contributed by atoms with van der Waals surface area (Å²) < 4.78 is 45.5. The van der Waals surface area contributed by atoms with Gasteiger partial charge >= 0.3 is 18.2 Å². The van der Waals surface area contributed by atoms with Crippen LogP contribution in [0.15, 0.2) is 48.5 Å². The molecule has 2 amide bonds. The van der Waals surface area contributed by atoms with E-state index in [4.69, 9.17) is 9.84 Å². The SMILES string of the molecule is CC(C)(C)[C@@H](NC(=O)OCC1c2ccccc2-c2ccccc21)C(=O)NC(C)(C(=O)O)C(F)(F)F. The Hall–Kier alpha value is -3.56. The molecule has 0 radical (unpaired) electrons. The topological polar surface area (TPSA) is 105 Å². The minimum absolute atomic E-state index is 0.0618. The molecule has 1 unspecified atom stereocenters. The van der Waals surface area contributed by atoms with Gasteiger partial charge in [0.1, 0.15) is 12.6 Å². The van der Waals surface area contributed by atoms with Crippen LogP contribution in [-0.4, -0.2) is 47.4 Å². The Bertz CT molecular complexity index is 1100. The van der Waals surface area contributed by atoms with E-state index in [-0.39, 0.29) is 12.5 Å². The van der Waals surface area contributed by atoms with E-state index in [9.17, 15) is 27.6 Å². The van der Waals surface area contributed by atoms with E-state index in [0.717, 1.165) is 22.3 Å². The number of alkyl carbamates (subject to hydrolysis) is 1. The third-order valence-corrected chi connectivity index (χ3v) is 6.10. The number of halogens is 3. The Balaban J connectivity index is 1.75. The van der Waals surface area contributed by atoms with Gasteiger partial charge in [0.25, 0.3) is 0 Å². The van der Waals surface area contributed by atoms with Crippen molar-refractivity contribution < 1.29 is 37.4 Å². The lowest BCUT2D eigenvalue weighted by molar-refractivity contribution is -0.207. The molecule has 7 nitrogen and oxygen atoms in total. The number of carboxylic acid groups (broad SMARTS) is 1. The van der Waals surface area contributed by atoms with Crippen molar-refractivity contribution in [1.29, 1.82) is 0 Å². The van der Waals surface area contributed by atoms with Crippen LogP contribution in [0.2, 0.25) is 0 Å². The number of aliphatic carboxylic acids is 1. The van der Waals surface area contributed by atoms with Crippen molar-refractivity contribution in [2.75, 3.05) is 6.61 Å². The third kappa shape index (κ3) is 5.11. The Morgan fingerprint density at radius 1 is 0.943 bits per heavy atom. The number of alkyl halides is 3. The summed E-state index contributed by atoms with van der Waals surface area (Å²) in [7, 11) is 0. The maximum atomic E-state index is 13.4. The molecule has 0 aliphatic heterocycles. The molecule has 10 heteroatoms. The van der Waals surface area contributed by atoms with E-state index in [0.29, 0.717) is 6.92 Å². The molecule has 0 saturated heterocycles. The van der Waals surface area contributed by atoms with Crippen LogP contribution in [0, 0.1) is 5.41 Å². The molecule has 1 aliphatic carbocycles. The zero-order valence-electron chi connectivity index (χ0n) is 19.7. The van der Waals surface area contributed by atoms with Gasteiger partial charge in [-0.05, 0) is 34.6 Å². The molecule has 0 saturated carbocycles. The van der Waals surface area contributed by atoms with Gasteiger partial charge in [0.15, 0.2) is 0 Å². The molecule has 0 bridgehead atoms. The van der Waals surface area contributed by atoms with Gasteiger partial charge < -0.3 is 20.5 Å². The summed E-state index contributed by atoms with van der Waals surface area (Å²) in [6.45, 7) is 4.85. The fourth-order valence-corrected chi connectivity index (χ4v) is 4.00. The molecule has 35 heavy (non-hydrogen) atoms. The van der Waals surface area contributed by atoms with Crippen molar-refractivity contribution >= 4 is 18.0 Å². The summed E-state index contributed by atoms with van der Waals surface area (Å²) >= 11 is 0. The van der Waals surface area contributed by atoms with Crippen molar-refractivity contribution in [3.8, 4) is 11.1 Å². The molecule has 2 aromatic rings. The average molecular weight is 492 g/mol. The first-order valence-electron chi connectivity index (χ1n) is 10.9. The maximum absolute atomic E-state index is 13.4. The van der Waals surface area contributed by atoms with Gasteiger partial charge in [0.05, 0.1) is 0 Å². The lowest BCUT2D eigenvalue weighted by Gasteiger charge is -2.34. The molecule has 2 atom stereocenters. The van der Waals surface area contributed by atoms with Crippen LogP contribution >= 0.6 is 0 Å². The van der Waals surface area contributed by atoms with Gasteiger partial charge in [0, 0.05) is 5.92 Å². The van der Waals surface area contributed by atoms with Crippen LogP contribution < -0.4 is 10.6 Å². The zero-order valence-corrected chi connectivity index (χ0v) is 19.7. The second-order valence-electron chi connectivity index (χ2n) is 9.69. The molecule has 1 aliphatic rings. The predicted molar refractivity (Wildman–Crippen MR) is 122 cm³/mol. The quantitative estimate of drug-likeness (QED) is 0.552. The summed E-state index contributed by atoms with van der Waals surface area (Å²) in [6.07, 6.45) is -6.27. The first-order chi connectivity index (χ1) is 16.2. The van der Waals surface area contributed by atoms with Crippen molar-refractivity contribution in [1.82, 2.24) is 10.6 Å². The Kier molecular flexibility index (Phi) is 6.88. The highest BCUT2D eigenvalue weighted by atomic mass is 19.4. The number of nitrogens with one attached hydrogen (secondary N) is 2. The van der Waals surface area contributed by atoms with Gasteiger partial charge in [-0.25, -0.2) is 9.59 Å². The van der Waals surface area contributed by atoms with E-state index in [1.54, 1.807) is 0 Å². The number of carbonyl (C=O) groups is 3. The number of rotatable bonds is 6. The summed E-state index contributed by atoms with van der Waals surface area (Å²) in [5.74, 6) is -3.82. The second-order valence-corrected chi connectivity index (χ2v) is 9.69. The number of fused-ring (bicyclic) bond motifs is 3. The van der Waals surface area contributed by atoms with Crippen LogP contribution in [0.1, 0.15) is 44.7 Å². The van der Waals surface area contributed by atoms with E-state index < -0.39 is 41.1 Å². The van der Waals surface area contributed by atoms with Crippen LogP contribution in [0.25, 0.3) is 11.1 Å². The fraction of sp³-hybridized carbons (Fsp3) is 0.400. The van der Waals surface area contributed by atoms with E-state index >= 15 is 0 Å². The molecule has 0 spiro atoms. The molecule has 3 N–H and O–H groups in total. The minimum atomic E-state index is -5.26. The summed E-state index contributed by atoms with van der Waals surface area (Å²) in [6, 6.07) is 13.8. The lowest BCUT2D eigenvalue weighted by atomic mass is 9.85.